The molecule has 2 heterocycles. The van der Waals surface area contributed by atoms with E-state index in [4.69, 9.17) is 0 Å². The van der Waals surface area contributed by atoms with Crippen molar-refractivity contribution in [3.63, 3.8) is 0 Å². The van der Waals surface area contributed by atoms with Gasteiger partial charge in [0.2, 0.25) is 15.9 Å². The van der Waals surface area contributed by atoms with Crippen molar-refractivity contribution in [2.24, 2.45) is 5.92 Å². The number of nitriles is 1. The summed E-state index contributed by atoms with van der Waals surface area (Å²) in [7, 11) is -3.56. The summed E-state index contributed by atoms with van der Waals surface area (Å²) in [6, 6.07) is 8.75. The van der Waals surface area contributed by atoms with Crippen molar-refractivity contribution in [3.05, 3.63) is 24.3 Å². The van der Waals surface area contributed by atoms with Crippen LogP contribution in [-0.2, 0) is 14.8 Å². The fourth-order valence-corrected chi connectivity index (χ4v) is 6.64. The normalized spacial score (nSPS) is 27.7. The number of nitrogens with one attached hydrogen (secondary N) is 4. The number of hydrogen-bond donors (Lipinski definition) is 4. The fourth-order valence-electron chi connectivity index (χ4n) is 5.39. The molecular weight excluding hydrogens is 428 g/mol. The van der Waals surface area contributed by atoms with Crippen LogP contribution < -0.4 is 20.8 Å². The molecule has 0 radical (unpaired) electrons. The van der Waals surface area contributed by atoms with Gasteiger partial charge in [0.15, 0.2) is 0 Å². The van der Waals surface area contributed by atoms with Crippen LogP contribution in [0.4, 0.5) is 5.69 Å². The lowest BCUT2D eigenvalue weighted by molar-refractivity contribution is -0.128. The quantitative estimate of drug-likeness (QED) is 0.487. The first kappa shape index (κ1) is 23.0. The van der Waals surface area contributed by atoms with E-state index in [1.807, 2.05) is 0 Å². The van der Waals surface area contributed by atoms with E-state index in [1.54, 1.807) is 38.1 Å². The number of carbonyl (C=O) groups is 1. The Kier molecular flexibility index (Phi) is 6.45. The van der Waals surface area contributed by atoms with E-state index in [-0.39, 0.29) is 40.5 Å². The third-order valence-corrected chi connectivity index (χ3v) is 8.43. The van der Waals surface area contributed by atoms with Crippen LogP contribution in [-0.4, -0.2) is 49.7 Å². The lowest BCUT2D eigenvalue weighted by Gasteiger charge is -2.42. The molecule has 3 atom stereocenters. The van der Waals surface area contributed by atoms with Crippen molar-refractivity contribution < 1.29 is 13.2 Å². The van der Waals surface area contributed by atoms with E-state index in [0.29, 0.717) is 13.0 Å². The summed E-state index contributed by atoms with van der Waals surface area (Å²) in [5.74, 6) is -0.301. The molecular formula is C22H32N6O3S. The summed E-state index contributed by atoms with van der Waals surface area (Å²) < 4.78 is 27.4. The van der Waals surface area contributed by atoms with Crippen molar-refractivity contribution in [1.29, 1.82) is 5.26 Å². The minimum absolute atomic E-state index is 0.000754. The van der Waals surface area contributed by atoms with Gasteiger partial charge in [0.25, 0.3) is 0 Å². The second kappa shape index (κ2) is 8.98. The van der Waals surface area contributed by atoms with Crippen molar-refractivity contribution in [1.82, 2.24) is 20.5 Å². The number of fused-ring (bicyclic) bond motifs is 1. The predicted molar refractivity (Wildman–Crippen MR) is 121 cm³/mol. The Morgan fingerprint density at radius 3 is 2.56 bits per heavy atom. The molecule has 174 valence electrons. The number of hydrazine groups is 1. The molecule has 4 N–H and O–H groups in total. The van der Waals surface area contributed by atoms with Crippen molar-refractivity contribution in [2.45, 2.75) is 81.1 Å². The third kappa shape index (κ3) is 4.35. The third-order valence-electron chi connectivity index (χ3n) is 6.76. The maximum Gasteiger partial charge on any atom is 0.240 e. The molecule has 1 aromatic carbocycles. The molecule has 1 aromatic rings. The zero-order chi connectivity index (χ0) is 22.9. The molecule has 3 fully saturated rings. The SMILES string of the molecule is CC(C)NS(=O)(=O)c1ccc(NC2NN(C3(CC#N)CCCC3)C3CCNC(=O)C23)cc1. The molecule has 4 rings (SSSR count). The van der Waals surface area contributed by atoms with Crippen LogP contribution in [0.3, 0.4) is 0 Å². The molecule has 3 unspecified atom stereocenters. The van der Waals surface area contributed by atoms with Gasteiger partial charge in [0.1, 0.15) is 6.17 Å². The van der Waals surface area contributed by atoms with Gasteiger partial charge in [0.05, 0.1) is 23.3 Å². The highest BCUT2D eigenvalue weighted by atomic mass is 32.2. The molecule has 32 heavy (non-hydrogen) atoms. The number of hydrogen-bond acceptors (Lipinski definition) is 7. The van der Waals surface area contributed by atoms with Crippen LogP contribution in [0.2, 0.25) is 0 Å². The Morgan fingerprint density at radius 1 is 1.25 bits per heavy atom. The highest BCUT2D eigenvalue weighted by molar-refractivity contribution is 7.89. The van der Waals surface area contributed by atoms with Gasteiger partial charge >= 0.3 is 0 Å². The van der Waals surface area contributed by atoms with Crippen LogP contribution in [0, 0.1) is 17.2 Å². The van der Waals surface area contributed by atoms with Gasteiger partial charge in [-0.1, -0.05) is 12.8 Å². The molecule has 0 bridgehead atoms. The first-order chi connectivity index (χ1) is 15.3. The first-order valence-corrected chi connectivity index (χ1v) is 12.8. The zero-order valence-corrected chi connectivity index (χ0v) is 19.4. The standard InChI is InChI=1S/C22H32N6O3S/c1-15(2)27-32(30,31)17-7-5-16(6-8-17)25-20-19-18(9-14-24-21(19)29)28(26-20)22(12-13-23)10-3-4-11-22/h5-8,15,18-20,25-27H,3-4,9-12,14H2,1-2H3,(H,24,29). The lowest BCUT2D eigenvalue weighted by Crippen LogP contribution is -2.57. The van der Waals surface area contributed by atoms with Crippen LogP contribution in [0.25, 0.3) is 0 Å². The van der Waals surface area contributed by atoms with Crippen molar-refractivity contribution >= 4 is 21.6 Å². The van der Waals surface area contributed by atoms with E-state index < -0.39 is 10.0 Å². The Labute approximate surface area is 189 Å². The number of sulfonamides is 1. The van der Waals surface area contributed by atoms with Crippen LogP contribution in [0.15, 0.2) is 29.2 Å². The minimum Gasteiger partial charge on any atom is -0.368 e. The number of amides is 1. The van der Waals surface area contributed by atoms with Gasteiger partial charge in [-0.3, -0.25) is 4.79 Å². The number of benzene rings is 1. The van der Waals surface area contributed by atoms with E-state index >= 15 is 0 Å². The molecule has 1 amide bonds. The maximum atomic E-state index is 12.8. The Hall–Kier alpha value is -2.19. The van der Waals surface area contributed by atoms with Gasteiger partial charge < -0.3 is 10.6 Å². The Morgan fingerprint density at radius 2 is 1.94 bits per heavy atom. The molecule has 3 aliphatic rings. The fraction of sp³-hybridized carbons (Fsp3) is 0.636. The number of nitrogens with zero attached hydrogens (tertiary/aromatic N) is 2. The summed E-state index contributed by atoms with van der Waals surface area (Å²) in [4.78, 5) is 13.0. The van der Waals surface area contributed by atoms with E-state index in [0.717, 1.165) is 37.8 Å². The monoisotopic (exact) mass is 460 g/mol. The largest absolute Gasteiger partial charge is 0.368 e. The van der Waals surface area contributed by atoms with E-state index in [1.165, 1.54) is 0 Å². The van der Waals surface area contributed by atoms with E-state index in [2.05, 4.69) is 31.9 Å². The average Bonchev–Trinajstić information content (AvgIpc) is 3.34. The highest BCUT2D eigenvalue weighted by Gasteiger charge is 2.54. The summed E-state index contributed by atoms with van der Waals surface area (Å²) in [6.07, 6.45) is 4.98. The predicted octanol–water partition coefficient (Wildman–Crippen LogP) is 1.66. The van der Waals surface area contributed by atoms with Gasteiger partial charge in [-0.15, -0.1) is 0 Å². The van der Waals surface area contributed by atoms with Crippen molar-refractivity contribution in [3.8, 4) is 6.07 Å². The molecule has 0 spiro atoms. The molecule has 10 heteroatoms. The maximum absolute atomic E-state index is 12.8. The Bertz CT molecular complexity index is 982. The molecule has 2 saturated heterocycles. The summed E-state index contributed by atoms with van der Waals surface area (Å²) in [5.41, 5.74) is 4.01. The van der Waals surface area contributed by atoms with Crippen LogP contribution >= 0.6 is 0 Å². The molecule has 0 aromatic heterocycles. The first-order valence-electron chi connectivity index (χ1n) is 11.3. The van der Waals surface area contributed by atoms with Gasteiger partial charge in [-0.2, -0.15) is 5.26 Å². The van der Waals surface area contributed by atoms with Gasteiger partial charge in [-0.05, 0) is 57.4 Å². The number of carbonyl (C=O) groups excluding carboxylic acids is 1. The molecule has 2 aliphatic heterocycles. The summed E-state index contributed by atoms with van der Waals surface area (Å²) >= 11 is 0. The lowest BCUT2D eigenvalue weighted by atomic mass is 9.86. The Balaban J connectivity index is 1.55. The number of anilines is 1. The molecule has 1 saturated carbocycles. The molecule has 9 nitrogen and oxygen atoms in total. The second-order valence-corrected chi connectivity index (χ2v) is 11.1. The zero-order valence-electron chi connectivity index (χ0n) is 18.6. The van der Waals surface area contributed by atoms with Crippen LogP contribution in [0.5, 0.6) is 0 Å². The topological polar surface area (TPSA) is 126 Å². The molecule has 1 aliphatic carbocycles. The summed E-state index contributed by atoms with van der Waals surface area (Å²) in [6.45, 7) is 4.18. The summed E-state index contributed by atoms with van der Waals surface area (Å²) in [5, 5.41) is 18.1. The van der Waals surface area contributed by atoms with Crippen molar-refractivity contribution in [2.75, 3.05) is 11.9 Å². The minimum atomic E-state index is -3.56. The van der Waals surface area contributed by atoms with Gasteiger partial charge in [0, 0.05) is 29.9 Å². The number of piperidine rings is 1. The van der Waals surface area contributed by atoms with E-state index in [9.17, 15) is 18.5 Å². The number of rotatable bonds is 7. The average molecular weight is 461 g/mol. The smallest absolute Gasteiger partial charge is 0.240 e. The second-order valence-electron chi connectivity index (χ2n) is 9.36. The van der Waals surface area contributed by atoms with Gasteiger partial charge in [-0.25, -0.2) is 23.6 Å². The van der Waals surface area contributed by atoms with Crippen LogP contribution in [0.1, 0.15) is 52.4 Å². The highest BCUT2D eigenvalue weighted by Crippen LogP contribution is 2.43.